The third-order valence-corrected chi connectivity index (χ3v) is 3.18. The zero-order valence-electron chi connectivity index (χ0n) is 10.4. The van der Waals surface area contributed by atoms with Crippen LogP contribution in [-0.2, 0) is 0 Å². The Kier molecular flexibility index (Phi) is 5.04. The monoisotopic (exact) mass is 306 g/mol. The van der Waals surface area contributed by atoms with Crippen LogP contribution in [0.2, 0.25) is 10.0 Å². The molecule has 102 valence electrons. The summed E-state index contributed by atoms with van der Waals surface area (Å²) in [7, 11) is 0. The van der Waals surface area contributed by atoms with Gasteiger partial charge in [-0.2, -0.15) is 0 Å². The van der Waals surface area contributed by atoms with Crippen LogP contribution in [0.3, 0.4) is 0 Å². The van der Waals surface area contributed by atoms with Gasteiger partial charge >= 0.3 is 6.03 Å². The van der Waals surface area contributed by atoms with Crippen molar-refractivity contribution in [3.8, 4) is 0 Å². The molecular weight excluding hydrogens is 295 g/mol. The predicted octanol–water partition coefficient (Wildman–Crippen LogP) is 4.79. The van der Waals surface area contributed by atoms with Gasteiger partial charge in [0.2, 0.25) is 0 Å². The summed E-state index contributed by atoms with van der Waals surface area (Å²) in [5, 5.41) is 6.34. The maximum absolute atomic E-state index is 11.7. The standard InChI is InChI=1S/C15H12Cl2N2O/c16-12-6-2-1-5-11(12)9-10-18-15(20)19-14-8-4-3-7-13(14)17/h1-10H,(H2,18,19,20)/b10-9+. The molecule has 0 atom stereocenters. The SMILES string of the molecule is O=C(N/C=C/c1ccccc1Cl)Nc1ccccc1Cl. The molecule has 0 spiro atoms. The molecular formula is C15H12Cl2N2O. The molecule has 0 saturated carbocycles. The molecule has 2 amide bonds. The number of anilines is 1. The number of para-hydroxylation sites is 1. The number of nitrogens with one attached hydrogen (secondary N) is 2. The fourth-order valence-corrected chi connectivity index (χ4v) is 1.92. The molecule has 0 aromatic heterocycles. The summed E-state index contributed by atoms with van der Waals surface area (Å²) in [4.78, 5) is 11.7. The van der Waals surface area contributed by atoms with Crippen LogP contribution in [-0.4, -0.2) is 6.03 Å². The van der Waals surface area contributed by atoms with Gasteiger partial charge in [-0.3, -0.25) is 0 Å². The summed E-state index contributed by atoms with van der Waals surface area (Å²) in [6.45, 7) is 0. The zero-order valence-corrected chi connectivity index (χ0v) is 11.9. The minimum atomic E-state index is -0.374. The number of hydrogen-bond donors (Lipinski definition) is 2. The van der Waals surface area contributed by atoms with E-state index in [-0.39, 0.29) is 6.03 Å². The predicted molar refractivity (Wildman–Crippen MR) is 84.1 cm³/mol. The van der Waals surface area contributed by atoms with Gasteiger partial charge in [-0.1, -0.05) is 53.5 Å². The van der Waals surface area contributed by atoms with E-state index in [1.807, 2.05) is 18.2 Å². The highest BCUT2D eigenvalue weighted by Gasteiger charge is 2.02. The minimum Gasteiger partial charge on any atom is -0.314 e. The van der Waals surface area contributed by atoms with Gasteiger partial charge in [0.25, 0.3) is 0 Å². The maximum atomic E-state index is 11.7. The van der Waals surface area contributed by atoms with Gasteiger partial charge in [0.05, 0.1) is 10.7 Å². The van der Waals surface area contributed by atoms with Crippen LogP contribution in [0.25, 0.3) is 6.08 Å². The molecule has 0 radical (unpaired) electrons. The van der Waals surface area contributed by atoms with Gasteiger partial charge in [0.1, 0.15) is 0 Å². The fraction of sp³-hybridized carbons (Fsp3) is 0. The Morgan fingerprint density at radius 2 is 1.60 bits per heavy atom. The number of carbonyl (C=O) groups excluding carboxylic acids is 1. The van der Waals surface area contributed by atoms with E-state index in [0.29, 0.717) is 15.7 Å². The molecule has 0 unspecified atom stereocenters. The minimum absolute atomic E-state index is 0.374. The Labute approximate surface area is 127 Å². The normalized spacial score (nSPS) is 10.5. The Balaban J connectivity index is 1.93. The molecule has 20 heavy (non-hydrogen) atoms. The molecule has 0 aliphatic rings. The molecule has 0 bridgehead atoms. The molecule has 2 rings (SSSR count). The van der Waals surface area contributed by atoms with Crippen molar-refractivity contribution >= 4 is 41.0 Å². The van der Waals surface area contributed by atoms with Gasteiger partial charge in [-0.05, 0) is 29.8 Å². The van der Waals surface area contributed by atoms with E-state index < -0.39 is 0 Å². The fourth-order valence-electron chi connectivity index (χ4n) is 1.54. The van der Waals surface area contributed by atoms with E-state index in [1.165, 1.54) is 6.20 Å². The van der Waals surface area contributed by atoms with Crippen molar-refractivity contribution in [3.63, 3.8) is 0 Å². The average Bonchev–Trinajstić information content (AvgIpc) is 2.43. The highest BCUT2D eigenvalue weighted by molar-refractivity contribution is 6.33. The largest absolute Gasteiger partial charge is 0.323 e. The molecule has 0 aliphatic heterocycles. The van der Waals surface area contributed by atoms with Crippen LogP contribution in [0.1, 0.15) is 5.56 Å². The topological polar surface area (TPSA) is 41.1 Å². The van der Waals surface area contributed by atoms with E-state index in [4.69, 9.17) is 23.2 Å². The number of amides is 2. The summed E-state index contributed by atoms with van der Waals surface area (Å²) in [5.74, 6) is 0. The summed E-state index contributed by atoms with van der Waals surface area (Å²) >= 11 is 11.9. The van der Waals surface area contributed by atoms with Gasteiger partial charge in [0, 0.05) is 11.2 Å². The third-order valence-electron chi connectivity index (χ3n) is 2.50. The van der Waals surface area contributed by atoms with Gasteiger partial charge in [-0.25, -0.2) is 4.79 Å². The second-order valence-electron chi connectivity index (χ2n) is 3.93. The van der Waals surface area contributed by atoms with E-state index in [9.17, 15) is 4.79 Å². The average molecular weight is 307 g/mol. The molecule has 2 aromatic carbocycles. The van der Waals surface area contributed by atoms with Crippen LogP contribution < -0.4 is 10.6 Å². The lowest BCUT2D eigenvalue weighted by atomic mass is 10.2. The Hall–Kier alpha value is -1.97. The van der Waals surface area contributed by atoms with Gasteiger partial charge in [0.15, 0.2) is 0 Å². The zero-order chi connectivity index (χ0) is 14.4. The first kappa shape index (κ1) is 14.4. The van der Waals surface area contributed by atoms with Crippen LogP contribution >= 0.6 is 23.2 Å². The van der Waals surface area contributed by atoms with Crippen molar-refractivity contribution in [2.45, 2.75) is 0 Å². The number of benzene rings is 2. The number of carbonyl (C=O) groups is 1. The van der Waals surface area contributed by atoms with E-state index >= 15 is 0 Å². The van der Waals surface area contributed by atoms with Crippen molar-refractivity contribution in [1.29, 1.82) is 0 Å². The number of urea groups is 1. The number of hydrogen-bond acceptors (Lipinski definition) is 1. The van der Waals surface area contributed by atoms with E-state index in [0.717, 1.165) is 5.56 Å². The van der Waals surface area contributed by atoms with E-state index in [2.05, 4.69) is 10.6 Å². The Bertz CT molecular complexity index is 641. The molecule has 0 aliphatic carbocycles. The lowest BCUT2D eigenvalue weighted by Gasteiger charge is -2.06. The van der Waals surface area contributed by atoms with Crippen molar-refractivity contribution in [2.24, 2.45) is 0 Å². The van der Waals surface area contributed by atoms with Crippen LogP contribution in [0.4, 0.5) is 10.5 Å². The van der Waals surface area contributed by atoms with Crippen molar-refractivity contribution in [3.05, 3.63) is 70.3 Å². The lowest BCUT2D eigenvalue weighted by molar-refractivity contribution is 0.255. The first-order valence-electron chi connectivity index (χ1n) is 5.90. The first-order chi connectivity index (χ1) is 9.66. The van der Waals surface area contributed by atoms with Crippen LogP contribution in [0.5, 0.6) is 0 Å². The summed E-state index contributed by atoms with van der Waals surface area (Å²) < 4.78 is 0. The molecule has 2 N–H and O–H groups in total. The van der Waals surface area contributed by atoms with E-state index in [1.54, 1.807) is 36.4 Å². The van der Waals surface area contributed by atoms with Crippen LogP contribution in [0.15, 0.2) is 54.7 Å². The molecule has 0 saturated heterocycles. The third kappa shape index (κ3) is 4.02. The van der Waals surface area contributed by atoms with Crippen molar-refractivity contribution in [2.75, 3.05) is 5.32 Å². The summed E-state index contributed by atoms with van der Waals surface area (Å²) in [5.41, 5.74) is 1.38. The smallest absolute Gasteiger partial charge is 0.314 e. The molecule has 0 fully saturated rings. The quantitative estimate of drug-likeness (QED) is 0.841. The summed E-state index contributed by atoms with van der Waals surface area (Å²) in [6, 6.07) is 14.0. The highest BCUT2D eigenvalue weighted by atomic mass is 35.5. The molecule has 3 nitrogen and oxygen atoms in total. The molecule has 5 heteroatoms. The first-order valence-corrected chi connectivity index (χ1v) is 6.65. The lowest BCUT2D eigenvalue weighted by Crippen LogP contribution is -2.23. The van der Waals surface area contributed by atoms with Gasteiger partial charge < -0.3 is 10.6 Å². The number of rotatable bonds is 3. The Morgan fingerprint density at radius 3 is 2.30 bits per heavy atom. The molecule has 2 aromatic rings. The summed E-state index contributed by atoms with van der Waals surface area (Å²) in [6.07, 6.45) is 3.24. The maximum Gasteiger partial charge on any atom is 0.323 e. The number of halogens is 2. The second kappa shape index (κ2) is 6.98. The van der Waals surface area contributed by atoms with Gasteiger partial charge in [-0.15, -0.1) is 0 Å². The highest BCUT2D eigenvalue weighted by Crippen LogP contribution is 2.20. The Morgan fingerprint density at radius 1 is 0.950 bits per heavy atom. The second-order valence-corrected chi connectivity index (χ2v) is 4.75. The molecule has 0 heterocycles. The van der Waals surface area contributed by atoms with Crippen molar-refractivity contribution < 1.29 is 4.79 Å². The van der Waals surface area contributed by atoms with Crippen LogP contribution in [0, 0.1) is 0 Å². The van der Waals surface area contributed by atoms with Crippen molar-refractivity contribution in [1.82, 2.24) is 5.32 Å².